The third-order valence-electron chi connectivity index (χ3n) is 2.51. The van der Waals surface area contributed by atoms with Crippen LogP contribution in [0.1, 0.15) is 5.56 Å². The van der Waals surface area contributed by atoms with Crippen molar-refractivity contribution in [2.24, 2.45) is 0 Å². The molecule has 16 heavy (non-hydrogen) atoms. The molecule has 2 rings (SSSR count). The van der Waals surface area contributed by atoms with Gasteiger partial charge in [-0.2, -0.15) is 5.26 Å². The van der Waals surface area contributed by atoms with Crippen LogP contribution in [0, 0.1) is 11.3 Å². The number of rotatable bonds is 2. The zero-order valence-electron chi connectivity index (χ0n) is 9.09. The maximum atomic E-state index is 8.85. The van der Waals surface area contributed by atoms with Crippen LogP contribution in [-0.2, 0) is 0 Å². The summed E-state index contributed by atoms with van der Waals surface area (Å²) < 4.78 is 0. The molecule has 2 aromatic carbocycles. The van der Waals surface area contributed by atoms with Crippen molar-refractivity contribution in [1.29, 1.82) is 5.26 Å². The Morgan fingerprint density at radius 2 is 1.62 bits per heavy atom. The number of nitriles is 1. The first-order valence-electron chi connectivity index (χ1n) is 5.10. The third-order valence-corrected chi connectivity index (χ3v) is 2.51. The molecule has 0 aliphatic carbocycles. The Bertz CT molecular complexity index is 512. The number of hydrogen-bond acceptors (Lipinski definition) is 2. The Balaban J connectivity index is 2.35. The molecule has 0 saturated carbocycles. The molecule has 2 nitrogen and oxygen atoms in total. The Morgan fingerprint density at radius 3 is 2.31 bits per heavy atom. The lowest BCUT2D eigenvalue weighted by Crippen LogP contribution is -2.08. The monoisotopic (exact) mass is 208 g/mol. The van der Waals surface area contributed by atoms with Crippen LogP contribution in [0.4, 0.5) is 11.4 Å². The maximum absolute atomic E-state index is 8.85. The Hall–Kier alpha value is -2.27. The van der Waals surface area contributed by atoms with Gasteiger partial charge in [-0.1, -0.05) is 24.3 Å². The van der Waals surface area contributed by atoms with Gasteiger partial charge in [0, 0.05) is 18.4 Å². The van der Waals surface area contributed by atoms with E-state index in [1.807, 2.05) is 61.6 Å². The highest BCUT2D eigenvalue weighted by molar-refractivity contribution is 5.63. The Morgan fingerprint density at radius 1 is 0.938 bits per heavy atom. The van der Waals surface area contributed by atoms with Crippen LogP contribution in [0.2, 0.25) is 0 Å². The first kappa shape index (κ1) is 10.3. The molecule has 78 valence electrons. The molecule has 0 N–H and O–H groups in total. The molecule has 0 fully saturated rings. The largest absolute Gasteiger partial charge is 0.345 e. The highest BCUT2D eigenvalue weighted by Crippen LogP contribution is 2.23. The van der Waals surface area contributed by atoms with Crippen LogP contribution in [0.3, 0.4) is 0 Å². The summed E-state index contributed by atoms with van der Waals surface area (Å²) in [7, 11) is 1.99. The van der Waals surface area contributed by atoms with Crippen molar-refractivity contribution in [2.45, 2.75) is 0 Å². The molecule has 0 heterocycles. The highest BCUT2D eigenvalue weighted by Gasteiger charge is 2.03. The van der Waals surface area contributed by atoms with Gasteiger partial charge >= 0.3 is 0 Å². The summed E-state index contributed by atoms with van der Waals surface area (Å²) in [5.74, 6) is 0. The predicted octanol–water partition coefficient (Wildman–Crippen LogP) is 3.33. The number of hydrogen-bond donors (Lipinski definition) is 0. The summed E-state index contributed by atoms with van der Waals surface area (Å²) in [6.07, 6.45) is 0. The molecule has 0 aromatic heterocycles. The molecule has 0 aliphatic heterocycles. The van der Waals surface area contributed by atoms with Gasteiger partial charge in [0.2, 0.25) is 0 Å². The highest BCUT2D eigenvalue weighted by atomic mass is 15.1. The molecular weight excluding hydrogens is 196 g/mol. The first-order valence-corrected chi connectivity index (χ1v) is 5.10. The van der Waals surface area contributed by atoms with Crippen molar-refractivity contribution >= 4 is 11.4 Å². The van der Waals surface area contributed by atoms with Gasteiger partial charge in [0.15, 0.2) is 0 Å². The van der Waals surface area contributed by atoms with E-state index in [0.717, 1.165) is 11.4 Å². The standard InChI is InChI=1S/C14H12N2/c1-16(13-7-3-2-4-8-13)14-9-5-6-12(10-14)11-15/h2-10H,1H3. The van der Waals surface area contributed by atoms with Gasteiger partial charge < -0.3 is 4.90 Å². The maximum Gasteiger partial charge on any atom is 0.0992 e. The van der Waals surface area contributed by atoms with Gasteiger partial charge in [-0.25, -0.2) is 0 Å². The number of benzene rings is 2. The fourth-order valence-corrected chi connectivity index (χ4v) is 1.58. The van der Waals surface area contributed by atoms with E-state index >= 15 is 0 Å². The number of anilines is 2. The molecular formula is C14H12N2. The second kappa shape index (κ2) is 4.50. The summed E-state index contributed by atoms with van der Waals surface area (Å²) in [6, 6.07) is 19.8. The molecule has 2 heteroatoms. The van der Waals surface area contributed by atoms with E-state index in [9.17, 15) is 0 Å². The topological polar surface area (TPSA) is 27.0 Å². The van der Waals surface area contributed by atoms with Crippen molar-refractivity contribution in [2.75, 3.05) is 11.9 Å². The molecule has 0 radical (unpaired) electrons. The van der Waals surface area contributed by atoms with Crippen molar-refractivity contribution in [3.63, 3.8) is 0 Å². The molecule has 0 saturated heterocycles. The molecule has 0 unspecified atom stereocenters. The van der Waals surface area contributed by atoms with Crippen LogP contribution in [-0.4, -0.2) is 7.05 Å². The van der Waals surface area contributed by atoms with Gasteiger partial charge in [0.1, 0.15) is 0 Å². The molecule has 0 spiro atoms. The van der Waals surface area contributed by atoms with Gasteiger partial charge in [0.25, 0.3) is 0 Å². The van der Waals surface area contributed by atoms with Crippen LogP contribution in [0.15, 0.2) is 54.6 Å². The zero-order valence-corrected chi connectivity index (χ0v) is 9.09. The van der Waals surface area contributed by atoms with Crippen LogP contribution >= 0.6 is 0 Å². The number of para-hydroxylation sites is 1. The van der Waals surface area contributed by atoms with Crippen LogP contribution in [0.25, 0.3) is 0 Å². The fourth-order valence-electron chi connectivity index (χ4n) is 1.58. The van der Waals surface area contributed by atoms with Crippen molar-refractivity contribution in [1.82, 2.24) is 0 Å². The van der Waals surface area contributed by atoms with E-state index in [-0.39, 0.29) is 0 Å². The van der Waals surface area contributed by atoms with Gasteiger partial charge in [-0.05, 0) is 30.3 Å². The third kappa shape index (κ3) is 2.04. The lowest BCUT2D eigenvalue weighted by Gasteiger charge is -2.19. The molecule has 0 amide bonds. The molecule has 0 atom stereocenters. The van der Waals surface area contributed by atoms with E-state index < -0.39 is 0 Å². The minimum atomic E-state index is 0.681. The average molecular weight is 208 g/mol. The first-order chi connectivity index (χ1) is 7.81. The lowest BCUT2D eigenvalue weighted by molar-refractivity contribution is 1.21. The van der Waals surface area contributed by atoms with Crippen molar-refractivity contribution in [3.8, 4) is 6.07 Å². The van der Waals surface area contributed by atoms with Gasteiger partial charge in [-0.15, -0.1) is 0 Å². The summed E-state index contributed by atoms with van der Waals surface area (Å²) in [5, 5.41) is 8.85. The minimum Gasteiger partial charge on any atom is -0.345 e. The minimum absolute atomic E-state index is 0.681. The smallest absolute Gasteiger partial charge is 0.0992 e. The summed E-state index contributed by atoms with van der Waals surface area (Å²) >= 11 is 0. The average Bonchev–Trinajstić information content (AvgIpc) is 2.39. The van der Waals surface area contributed by atoms with Gasteiger partial charge in [0.05, 0.1) is 11.6 Å². The predicted molar refractivity (Wildman–Crippen MR) is 65.7 cm³/mol. The second-order valence-electron chi connectivity index (χ2n) is 3.56. The van der Waals surface area contributed by atoms with Crippen molar-refractivity contribution in [3.05, 3.63) is 60.2 Å². The summed E-state index contributed by atoms with van der Waals surface area (Å²) in [4.78, 5) is 2.06. The summed E-state index contributed by atoms with van der Waals surface area (Å²) in [6.45, 7) is 0. The Labute approximate surface area is 95.4 Å². The summed E-state index contributed by atoms with van der Waals surface area (Å²) in [5.41, 5.74) is 2.81. The molecule has 0 aliphatic rings. The molecule has 2 aromatic rings. The van der Waals surface area contributed by atoms with E-state index in [0.29, 0.717) is 5.56 Å². The van der Waals surface area contributed by atoms with Crippen molar-refractivity contribution < 1.29 is 0 Å². The molecule has 0 bridgehead atoms. The van der Waals surface area contributed by atoms with E-state index in [1.54, 1.807) is 0 Å². The van der Waals surface area contributed by atoms with E-state index in [2.05, 4.69) is 11.0 Å². The van der Waals surface area contributed by atoms with E-state index in [4.69, 9.17) is 5.26 Å². The normalized spacial score (nSPS) is 9.50. The Kier molecular flexibility index (Phi) is 2.88. The fraction of sp³-hybridized carbons (Fsp3) is 0.0714. The zero-order chi connectivity index (χ0) is 11.4. The SMILES string of the molecule is CN(c1ccccc1)c1cccc(C#N)c1. The lowest BCUT2D eigenvalue weighted by atomic mass is 10.2. The van der Waals surface area contributed by atoms with Crippen LogP contribution in [0.5, 0.6) is 0 Å². The number of nitrogens with zero attached hydrogens (tertiary/aromatic N) is 2. The second-order valence-corrected chi connectivity index (χ2v) is 3.56. The van der Waals surface area contributed by atoms with Crippen LogP contribution < -0.4 is 4.90 Å². The quantitative estimate of drug-likeness (QED) is 0.757. The van der Waals surface area contributed by atoms with Gasteiger partial charge in [-0.3, -0.25) is 0 Å². The van der Waals surface area contributed by atoms with E-state index in [1.165, 1.54) is 0 Å².